The second-order valence-corrected chi connectivity index (χ2v) is 9.13. The van der Waals surface area contributed by atoms with Gasteiger partial charge >= 0.3 is 5.97 Å². The number of carbonyl (C=O) groups excluding carboxylic acids is 1. The zero-order chi connectivity index (χ0) is 27.2. The third kappa shape index (κ3) is 6.08. The molecular formula is C30H29FN2O5. The van der Waals surface area contributed by atoms with E-state index in [-0.39, 0.29) is 29.7 Å². The van der Waals surface area contributed by atoms with Gasteiger partial charge in [0.25, 0.3) is 11.5 Å². The van der Waals surface area contributed by atoms with E-state index < -0.39 is 5.97 Å². The predicted octanol–water partition coefficient (Wildman–Crippen LogP) is 5.43. The van der Waals surface area contributed by atoms with Crippen LogP contribution in [0.3, 0.4) is 0 Å². The minimum absolute atomic E-state index is 0.0491. The Bertz CT molecular complexity index is 1530. The van der Waals surface area contributed by atoms with Crippen molar-refractivity contribution in [3.63, 3.8) is 0 Å². The Kier molecular flexibility index (Phi) is 8.21. The second-order valence-electron chi connectivity index (χ2n) is 9.13. The Morgan fingerprint density at radius 2 is 1.79 bits per heavy atom. The molecule has 0 aliphatic heterocycles. The van der Waals surface area contributed by atoms with Gasteiger partial charge in [0, 0.05) is 29.1 Å². The SMILES string of the molecule is COc1cccc(-n2c(CCCCC(=O)O)cc3cc(C(=O)NC(C)c4ccc(F)cc4)ccc3c2=O)c1. The third-order valence-corrected chi connectivity index (χ3v) is 6.46. The minimum Gasteiger partial charge on any atom is -0.497 e. The van der Waals surface area contributed by atoms with Crippen molar-refractivity contribution < 1.29 is 23.8 Å². The first-order chi connectivity index (χ1) is 18.3. The van der Waals surface area contributed by atoms with Gasteiger partial charge in [-0.1, -0.05) is 18.2 Å². The van der Waals surface area contributed by atoms with Crippen molar-refractivity contribution >= 4 is 22.6 Å². The lowest BCUT2D eigenvalue weighted by Crippen LogP contribution is -2.27. The number of amides is 1. The van der Waals surface area contributed by atoms with E-state index in [0.717, 1.165) is 5.56 Å². The summed E-state index contributed by atoms with van der Waals surface area (Å²) in [4.78, 5) is 37.6. The Morgan fingerprint density at radius 3 is 2.50 bits per heavy atom. The number of methoxy groups -OCH3 is 1. The van der Waals surface area contributed by atoms with E-state index in [9.17, 15) is 18.8 Å². The molecule has 0 fully saturated rings. The number of carboxylic acid groups (broad SMARTS) is 1. The Hall–Kier alpha value is -4.46. The summed E-state index contributed by atoms with van der Waals surface area (Å²) in [5.74, 6) is -0.920. The number of halogens is 1. The van der Waals surface area contributed by atoms with Crippen molar-refractivity contribution in [1.29, 1.82) is 0 Å². The molecule has 0 spiro atoms. The van der Waals surface area contributed by atoms with Crippen molar-refractivity contribution in [2.75, 3.05) is 7.11 Å². The van der Waals surface area contributed by atoms with Gasteiger partial charge in [-0.15, -0.1) is 0 Å². The molecule has 2 N–H and O–H groups in total. The molecule has 0 radical (unpaired) electrons. The van der Waals surface area contributed by atoms with Gasteiger partial charge in [0.1, 0.15) is 11.6 Å². The molecule has 0 saturated heterocycles. The maximum Gasteiger partial charge on any atom is 0.303 e. The maximum atomic E-state index is 13.7. The molecule has 196 valence electrons. The summed E-state index contributed by atoms with van der Waals surface area (Å²) in [5.41, 5.74) is 2.26. The van der Waals surface area contributed by atoms with Crippen molar-refractivity contribution in [2.24, 2.45) is 0 Å². The number of pyridine rings is 1. The number of aryl methyl sites for hydroxylation is 1. The van der Waals surface area contributed by atoms with Crippen LogP contribution >= 0.6 is 0 Å². The van der Waals surface area contributed by atoms with E-state index in [1.807, 2.05) is 19.1 Å². The smallest absolute Gasteiger partial charge is 0.303 e. The number of unbranched alkanes of at least 4 members (excludes halogenated alkanes) is 1. The number of carbonyl (C=O) groups is 2. The topological polar surface area (TPSA) is 97.6 Å². The average molecular weight is 517 g/mol. The average Bonchev–Trinajstić information content (AvgIpc) is 2.91. The normalized spacial score (nSPS) is 11.8. The van der Waals surface area contributed by atoms with Gasteiger partial charge < -0.3 is 15.2 Å². The van der Waals surface area contributed by atoms with Crippen molar-refractivity contribution in [1.82, 2.24) is 9.88 Å². The van der Waals surface area contributed by atoms with Crippen LogP contribution in [0.1, 0.15) is 53.8 Å². The van der Waals surface area contributed by atoms with E-state index >= 15 is 0 Å². The number of rotatable bonds is 10. The fraction of sp³-hybridized carbons (Fsp3) is 0.233. The van der Waals surface area contributed by atoms with E-state index in [1.54, 1.807) is 60.2 Å². The van der Waals surface area contributed by atoms with Crippen LogP contribution in [-0.2, 0) is 11.2 Å². The molecule has 1 aromatic heterocycles. The van der Waals surface area contributed by atoms with Gasteiger partial charge in [-0.25, -0.2) is 4.39 Å². The van der Waals surface area contributed by atoms with E-state index in [1.165, 1.54) is 12.1 Å². The number of nitrogens with zero attached hydrogens (tertiary/aromatic N) is 1. The van der Waals surface area contributed by atoms with Crippen LogP contribution < -0.4 is 15.6 Å². The molecule has 0 saturated carbocycles. The molecule has 1 amide bonds. The van der Waals surface area contributed by atoms with Crippen LogP contribution in [-0.4, -0.2) is 28.7 Å². The maximum absolute atomic E-state index is 13.7. The number of ether oxygens (including phenoxy) is 1. The summed E-state index contributed by atoms with van der Waals surface area (Å²) in [5, 5.41) is 13.0. The number of hydrogen-bond acceptors (Lipinski definition) is 4. The summed E-state index contributed by atoms with van der Waals surface area (Å²) < 4.78 is 20.2. The van der Waals surface area contributed by atoms with Gasteiger partial charge in [0.2, 0.25) is 0 Å². The molecule has 4 aromatic rings. The largest absolute Gasteiger partial charge is 0.497 e. The van der Waals surface area contributed by atoms with Crippen LogP contribution in [0.2, 0.25) is 0 Å². The van der Waals surface area contributed by atoms with Gasteiger partial charge in [-0.2, -0.15) is 0 Å². The van der Waals surface area contributed by atoms with Crippen LogP contribution in [0.15, 0.2) is 77.6 Å². The Labute approximate surface area is 219 Å². The van der Waals surface area contributed by atoms with E-state index in [2.05, 4.69) is 5.32 Å². The highest BCUT2D eigenvalue weighted by Crippen LogP contribution is 2.23. The summed E-state index contributed by atoms with van der Waals surface area (Å²) in [6, 6.07) is 19.6. The number of fused-ring (bicyclic) bond motifs is 1. The Morgan fingerprint density at radius 1 is 1.03 bits per heavy atom. The molecule has 1 heterocycles. The molecule has 1 unspecified atom stereocenters. The van der Waals surface area contributed by atoms with Gasteiger partial charge in [-0.3, -0.25) is 19.0 Å². The Balaban J connectivity index is 1.70. The first kappa shape index (κ1) is 26.6. The fourth-order valence-corrected chi connectivity index (χ4v) is 4.43. The van der Waals surface area contributed by atoms with Gasteiger partial charge in [0.15, 0.2) is 0 Å². The van der Waals surface area contributed by atoms with Crippen molar-refractivity contribution in [2.45, 2.75) is 38.6 Å². The number of aromatic nitrogens is 1. The summed E-state index contributed by atoms with van der Waals surface area (Å²) in [6.45, 7) is 1.81. The van der Waals surface area contributed by atoms with Crippen LogP contribution in [0, 0.1) is 5.82 Å². The number of carboxylic acids is 1. The monoisotopic (exact) mass is 516 g/mol. The first-order valence-electron chi connectivity index (χ1n) is 12.4. The highest BCUT2D eigenvalue weighted by Gasteiger charge is 2.16. The summed E-state index contributed by atoms with van der Waals surface area (Å²) >= 11 is 0. The molecule has 3 aromatic carbocycles. The van der Waals surface area contributed by atoms with Gasteiger partial charge in [0.05, 0.1) is 18.8 Å². The van der Waals surface area contributed by atoms with Crippen molar-refractivity contribution in [3.05, 3.63) is 106 Å². The van der Waals surface area contributed by atoms with Crippen molar-refractivity contribution in [3.8, 4) is 11.4 Å². The quantitative estimate of drug-likeness (QED) is 0.274. The molecule has 0 bridgehead atoms. The molecule has 0 aliphatic carbocycles. The zero-order valence-corrected chi connectivity index (χ0v) is 21.2. The molecule has 8 heteroatoms. The van der Waals surface area contributed by atoms with E-state index in [0.29, 0.717) is 52.7 Å². The second kappa shape index (κ2) is 11.7. The molecule has 1 atom stereocenters. The number of hydrogen-bond donors (Lipinski definition) is 2. The highest BCUT2D eigenvalue weighted by molar-refractivity contribution is 5.98. The van der Waals surface area contributed by atoms with Crippen LogP contribution in [0.4, 0.5) is 4.39 Å². The van der Waals surface area contributed by atoms with Crippen LogP contribution in [0.5, 0.6) is 5.75 Å². The molecule has 4 rings (SSSR count). The molecule has 7 nitrogen and oxygen atoms in total. The first-order valence-corrected chi connectivity index (χ1v) is 12.4. The number of nitrogens with one attached hydrogen (secondary N) is 1. The lowest BCUT2D eigenvalue weighted by atomic mass is 10.0. The lowest BCUT2D eigenvalue weighted by molar-refractivity contribution is -0.137. The predicted molar refractivity (Wildman–Crippen MR) is 144 cm³/mol. The highest BCUT2D eigenvalue weighted by atomic mass is 19.1. The van der Waals surface area contributed by atoms with Gasteiger partial charge in [-0.05, 0) is 85.7 Å². The third-order valence-electron chi connectivity index (χ3n) is 6.46. The molecule has 0 aliphatic rings. The molecule has 38 heavy (non-hydrogen) atoms. The lowest BCUT2D eigenvalue weighted by Gasteiger charge is -2.17. The number of aliphatic carboxylic acids is 1. The van der Waals surface area contributed by atoms with E-state index in [4.69, 9.17) is 9.84 Å². The molecular weight excluding hydrogens is 487 g/mol. The minimum atomic E-state index is -0.862. The van der Waals surface area contributed by atoms with Crippen LogP contribution in [0.25, 0.3) is 16.5 Å². The summed E-state index contributed by atoms with van der Waals surface area (Å²) in [7, 11) is 1.55. The zero-order valence-electron chi connectivity index (χ0n) is 21.2. The summed E-state index contributed by atoms with van der Waals surface area (Å²) in [6.07, 6.45) is 1.58. The fourth-order valence-electron chi connectivity index (χ4n) is 4.43. The number of benzene rings is 3. The standard InChI is InChI=1S/C30H29FN2O5/c1-19(20-10-13-23(31)14-11-20)32-29(36)21-12-15-27-22(16-21)17-24(6-3-4-9-28(34)35)33(30(27)37)25-7-5-8-26(18-25)38-2/h5,7-8,10-19H,3-4,6,9H2,1-2H3,(H,32,36)(H,34,35).